The fourth-order valence-corrected chi connectivity index (χ4v) is 9.14. The number of methoxy groups -OCH3 is 2. The fraction of sp³-hybridized carbons (Fsp3) is 0.489. The van der Waals surface area contributed by atoms with Gasteiger partial charge in [0.2, 0.25) is 5.91 Å². The molecule has 1 unspecified atom stereocenters. The molecule has 2 N–H and O–H groups in total. The first-order valence-electron chi connectivity index (χ1n) is 20.4. The van der Waals surface area contributed by atoms with Crippen molar-refractivity contribution >= 4 is 40.3 Å². The van der Waals surface area contributed by atoms with E-state index in [1.165, 1.54) is 7.11 Å². The van der Waals surface area contributed by atoms with Crippen LogP contribution in [0, 0.1) is 11.8 Å². The monoisotopic (exact) mass is 790 g/mol. The summed E-state index contributed by atoms with van der Waals surface area (Å²) >= 11 is 0. The van der Waals surface area contributed by atoms with E-state index in [1.54, 1.807) is 7.11 Å². The number of hydrogen-bond donors (Lipinski definition) is 2. The number of nitrogens with zero attached hydrogens (tertiary/aromatic N) is 4. The zero-order valence-corrected chi connectivity index (χ0v) is 34.7. The van der Waals surface area contributed by atoms with Crippen LogP contribution in [0.4, 0.5) is 15.3 Å². The van der Waals surface area contributed by atoms with Gasteiger partial charge in [0.15, 0.2) is 0 Å². The molecule has 3 amide bonds. The second-order valence-corrected chi connectivity index (χ2v) is 17.5. The van der Waals surface area contributed by atoms with Gasteiger partial charge in [0, 0.05) is 43.3 Å². The topological polar surface area (TPSA) is 148 Å². The van der Waals surface area contributed by atoms with Gasteiger partial charge in [0.25, 0.3) is 0 Å². The first-order valence-corrected chi connectivity index (χ1v) is 20.4. The number of imidazole rings is 1. The molecule has 13 heteroatoms. The number of aromatic amines is 1. The van der Waals surface area contributed by atoms with E-state index in [9.17, 15) is 14.4 Å². The smallest absolute Gasteiger partial charge is 0.410 e. The number of aliphatic imine (C=N–C) groups is 1. The normalized spacial score (nSPS) is 21.6. The predicted molar refractivity (Wildman–Crippen MR) is 221 cm³/mol. The number of carbonyl (C=O) groups is 3. The van der Waals surface area contributed by atoms with E-state index >= 15 is 0 Å². The van der Waals surface area contributed by atoms with Gasteiger partial charge >= 0.3 is 12.2 Å². The molecule has 1 aromatic heterocycles. The van der Waals surface area contributed by atoms with Crippen LogP contribution >= 0.6 is 0 Å². The Balaban J connectivity index is 1.02. The number of fused-ring (bicyclic) bond motifs is 6. The lowest BCUT2D eigenvalue weighted by Crippen LogP contribution is -2.52. The minimum atomic E-state index is -0.708. The number of rotatable bonds is 8. The molecule has 5 heterocycles. The standard InChI is InChI=1S/C45H54N6O7/c1-24(2)40(49-43(53)56-8)42(52)51-25(3)9-14-37(51)41-46-20-36(48-41)28-10-12-30-29(16-28)23-57-39-19-31-27(17-33(30)39)11-13-34-32(31)18-35(47-34)38-15-26(22-55-7)21-50(38)44(54)58-45(4,5)6/h10-13,16-17,19-20,24-26,37-38,40H,9,14-15,18,21-23H2,1-8H3,(H,46,48)(H,49,53)/t25-,26?,37-,38-,40-/m0/s1. The molecule has 0 aliphatic carbocycles. The van der Waals surface area contributed by atoms with Gasteiger partial charge in [-0.1, -0.05) is 32.0 Å². The lowest BCUT2D eigenvalue weighted by atomic mass is 9.90. The zero-order valence-electron chi connectivity index (χ0n) is 34.7. The number of nitrogens with one attached hydrogen (secondary N) is 2. The molecular formula is C45H54N6O7. The maximum Gasteiger partial charge on any atom is 0.410 e. The maximum absolute atomic E-state index is 13.9. The predicted octanol–water partition coefficient (Wildman–Crippen LogP) is 8.12. The van der Waals surface area contributed by atoms with Crippen LogP contribution in [0.15, 0.2) is 53.7 Å². The number of H-pyrrole nitrogens is 1. The Kier molecular flexibility index (Phi) is 10.5. The van der Waals surface area contributed by atoms with Crippen LogP contribution in [0.25, 0.3) is 33.2 Å². The van der Waals surface area contributed by atoms with Gasteiger partial charge in [0.05, 0.1) is 43.4 Å². The van der Waals surface area contributed by atoms with E-state index in [0.717, 1.165) is 86.5 Å². The number of ether oxygens (including phenoxy) is 4. The van der Waals surface area contributed by atoms with Gasteiger partial charge in [-0.15, -0.1) is 0 Å². The highest BCUT2D eigenvalue weighted by molar-refractivity contribution is 6.06. The minimum absolute atomic E-state index is 0.00455. The summed E-state index contributed by atoms with van der Waals surface area (Å²) < 4.78 is 22.6. The van der Waals surface area contributed by atoms with Gasteiger partial charge in [-0.05, 0) is 110 Å². The molecule has 5 atom stereocenters. The first kappa shape index (κ1) is 39.4. The molecule has 58 heavy (non-hydrogen) atoms. The average Bonchev–Trinajstić information content (AvgIpc) is 4.00. The highest BCUT2D eigenvalue weighted by Crippen LogP contribution is 2.45. The van der Waals surface area contributed by atoms with E-state index < -0.39 is 17.7 Å². The Morgan fingerprint density at radius 3 is 2.59 bits per heavy atom. The lowest BCUT2D eigenvalue weighted by Gasteiger charge is -2.32. The zero-order chi connectivity index (χ0) is 41.0. The van der Waals surface area contributed by atoms with Crippen molar-refractivity contribution in [3.63, 3.8) is 0 Å². The summed E-state index contributed by atoms with van der Waals surface area (Å²) in [6.07, 6.45) is 3.91. The van der Waals surface area contributed by atoms with Crippen molar-refractivity contribution in [2.75, 3.05) is 27.4 Å². The van der Waals surface area contributed by atoms with Gasteiger partial charge < -0.3 is 34.1 Å². The van der Waals surface area contributed by atoms with Crippen molar-refractivity contribution in [2.24, 2.45) is 16.8 Å². The highest BCUT2D eigenvalue weighted by atomic mass is 16.6. The number of benzene rings is 3. The van der Waals surface area contributed by atoms with Crippen molar-refractivity contribution in [1.82, 2.24) is 25.1 Å². The van der Waals surface area contributed by atoms with Crippen molar-refractivity contribution in [2.45, 2.75) is 104 Å². The molecule has 4 aliphatic rings. The number of amides is 3. The second-order valence-electron chi connectivity index (χ2n) is 17.5. The quantitative estimate of drug-likeness (QED) is 0.182. The molecule has 0 saturated carbocycles. The molecular weight excluding hydrogens is 737 g/mol. The number of likely N-dealkylation sites (tertiary alicyclic amines) is 2. The highest BCUT2D eigenvalue weighted by Gasteiger charge is 2.43. The van der Waals surface area contributed by atoms with Crippen LogP contribution in [-0.4, -0.2) is 94.7 Å². The lowest BCUT2D eigenvalue weighted by molar-refractivity contribution is -0.137. The van der Waals surface area contributed by atoms with E-state index in [0.29, 0.717) is 26.2 Å². The number of aromatic nitrogens is 2. The molecule has 4 aromatic rings. The van der Waals surface area contributed by atoms with E-state index in [4.69, 9.17) is 28.9 Å². The van der Waals surface area contributed by atoms with Crippen LogP contribution in [0.3, 0.4) is 0 Å². The number of alkyl carbamates (subject to hydrolysis) is 1. The summed E-state index contributed by atoms with van der Waals surface area (Å²) in [5, 5.41) is 4.94. The average molecular weight is 791 g/mol. The Labute approximate surface area is 339 Å². The molecule has 3 aromatic carbocycles. The molecule has 0 radical (unpaired) electrons. The Hall–Kier alpha value is -5.43. The Bertz CT molecular complexity index is 2290. The summed E-state index contributed by atoms with van der Waals surface area (Å²) in [5.41, 5.74) is 7.51. The summed E-state index contributed by atoms with van der Waals surface area (Å²) in [4.78, 5) is 56.4. The largest absolute Gasteiger partial charge is 0.488 e. The first-order chi connectivity index (χ1) is 27.7. The van der Waals surface area contributed by atoms with Gasteiger partial charge in [-0.25, -0.2) is 14.6 Å². The van der Waals surface area contributed by atoms with Crippen LogP contribution in [0.5, 0.6) is 5.75 Å². The van der Waals surface area contributed by atoms with Crippen LogP contribution < -0.4 is 10.1 Å². The Morgan fingerprint density at radius 1 is 1.03 bits per heavy atom. The van der Waals surface area contributed by atoms with Crippen molar-refractivity contribution in [1.29, 1.82) is 0 Å². The SMILES string of the molecule is COCC1C[C@@H](C2=Nc3ccc4cc5c(cc4c3C2)OCc2cc(-c3cnc([C@@H]4CC[C@H](C)N4C(=O)[C@@H](NC(=O)OC)C(C)C)[nH]3)ccc2-5)N(C(=O)OC(C)(C)C)C1. The number of carbonyl (C=O) groups excluding carboxylic acids is 3. The van der Waals surface area contributed by atoms with E-state index in [2.05, 4.69) is 52.8 Å². The molecule has 8 rings (SSSR count). The molecule has 4 aliphatic heterocycles. The molecule has 13 nitrogen and oxygen atoms in total. The minimum Gasteiger partial charge on any atom is -0.488 e. The van der Waals surface area contributed by atoms with Crippen LogP contribution in [0.2, 0.25) is 0 Å². The van der Waals surface area contributed by atoms with Gasteiger partial charge in [0.1, 0.15) is 29.8 Å². The maximum atomic E-state index is 13.9. The van der Waals surface area contributed by atoms with E-state index in [-0.39, 0.29) is 42.0 Å². The summed E-state index contributed by atoms with van der Waals surface area (Å²) in [7, 11) is 3.00. The Morgan fingerprint density at radius 2 is 1.84 bits per heavy atom. The van der Waals surface area contributed by atoms with Crippen molar-refractivity contribution in [3.05, 3.63) is 65.6 Å². The molecule has 2 saturated heterocycles. The fourth-order valence-electron chi connectivity index (χ4n) is 9.14. The summed E-state index contributed by atoms with van der Waals surface area (Å²) in [6, 6.07) is 13.8. The molecule has 306 valence electrons. The van der Waals surface area contributed by atoms with Crippen molar-refractivity contribution < 1.29 is 33.3 Å². The summed E-state index contributed by atoms with van der Waals surface area (Å²) in [6.45, 7) is 13.1. The van der Waals surface area contributed by atoms with E-state index in [1.807, 2.05) is 57.5 Å². The third-order valence-corrected chi connectivity index (χ3v) is 11.9. The third-order valence-electron chi connectivity index (χ3n) is 11.9. The van der Waals surface area contributed by atoms with Crippen LogP contribution in [-0.2, 0) is 32.0 Å². The van der Waals surface area contributed by atoms with Gasteiger partial charge in [-0.3, -0.25) is 14.7 Å². The number of hydrogen-bond acceptors (Lipinski definition) is 9. The molecule has 0 bridgehead atoms. The van der Waals surface area contributed by atoms with Crippen molar-refractivity contribution in [3.8, 4) is 28.1 Å². The molecule has 2 fully saturated rings. The molecule has 0 spiro atoms. The van der Waals surface area contributed by atoms with Gasteiger partial charge in [-0.2, -0.15) is 0 Å². The second kappa shape index (κ2) is 15.4. The summed E-state index contributed by atoms with van der Waals surface area (Å²) in [5.74, 6) is 1.50. The van der Waals surface area contributed by atoms with Crippen LogP contribution in [0.1, 0.15) is 83.8 Å². The third kappa shape index (κ3) is 7.40.